The van der Waals surface area contributed by atoms with E-state index in [4.69, 9.17) is 16.3 Å². The second kappa shape index (κ2) is 9.04. The Hall–Kier alpha value is -4.09. The number of rotatable bonds is 5. The molecule has 0 bridgehead atoms. The van der Waals surface area contributed by atoms with Gasteiger partial charge < -0.3 is 9.84 Å². The van der Waals surface area contributed by atoms with Gasteiger partial charge in [-0.2, -0.15) is 8.97 Å². The maximum Gasteiger partial charge on any atom is 0.349 e. The van der Waals surface area contributed by atoms with Crippen molar-refractivity contribution in [1.29, 1.82) is 0 Å². The van der Waals surface area contributed by atoms with E-state index in [9.17, 15) is 9.90 Å². The molecule has 5 nitrogen and oxygen atoms in total. The molecule has 0 fully saturated rings. The highest BCUT2D eigenvalue weighted by Crippen LogP contribution is 2.27. The number of hydrogen-bond donors (Lipinski definition) is 1. The van der Waals surface area contributed by atoms with Gasteiger partial charge >= 0.3 is 5.56 Å². The van der Waals surface area contributed by atoms with Crippen LogP contribution in [0.15, 0.2) is 102 Å². The monoisotopic (exact) mass is 469 g/mol. The lowest BCUT2D eigenvalue weighted by Crippen LogP contribution is -2.42. The van der Waals surface area contributed by atoms with Gasteiger partial charge in [0.15, 0.2) is 0 Å². The first-order chi connectivity index (χ1) is 16.5. The van der Waals surface area contributed by atoms with Crippen LogP contribution in [0.2, 0.25) is 5.02 Å². The molecular formula is C28H22ClN2O3+. The number of hydrogen-bond acceptors (Lipinski definition) is 3. The third-order valence-corrected chi connectivity index (χ3v) is 6.02. The summed E-state index contributed by atoms with van der Waals surface area (Å²) in [5.41, 5.74) is 3.12. The van der Waals surface area contributed by atoms with Crippen LogP contribution in [0.1, 0.15) is 11.1 Å². The molecule has 5 rings (SSSR count). The maximum absolute atomic E-state index is 13.2. The molecule has 0 unspecified atom stereocenters. The quantitative estimate of drug-likeness (QED) is 0.333. The maximum atomic E-state index is 13.2. The van der Waals surface area contributed by atoms with E-state index < -0.39 is 0 Å². The predicted molar refractivity (Wildman–Crippen MR) is 133 cm³/mol. The molecule has 0 spiro atoms. The van der Waals surface area contributed by atoms with Gasteiger partial charge in [0.2, 0.25) is 0 Å². The fraction of sp³-hybridized carbons (Fsp3) is 0.0714. The molecule has 0 radical (unpaired) electrons. The lowest BCUT2D eigenvalue weighted by Gasteiger charge is -2.13. The lowest BCUT2D eigenvalue weighted by atomic mass is 10.1. The Morgan fingerprint density at radius 3 is 2.35 bits per heavy atom. The van der Waals surface area contributed by atoms with Crippen LogP contribution in [0, 0.1) is 6.92 Å². The first-order valence-corrected chi connectivity index (χ1v) is 11.2. The Kier molecular flexibility index (Phi) is 5.78. The largest absolute Gasteiger partial charge is 0.477 e. The Bertz CT molecular complexity index is 1540. The molecule has 34 heavy (non-hydrogen) atoms. The number of aromatic nitrogens is 2. The van der Waals surface area contributed by atoms with Crippen LogP contribution in [0.25, 0.3) is 16.9 Å². The zero-order valence-electron chi connectivity index (χ0n) is 18.5. The third kappa shape index (κ3) is 4.02. The molecule has 1 N–H and O–H groups in total. The summed E-state index contributed by atoms with van der Waals surface area (Å²) in [6, 6.07) is 30.1. The minimum absolute atomic E-state index is 0.0727. The second-order valence-electron chi connectivity index (χ2n) is 7.97. The van der Waals surface area contributed by atoms with Crippen LogP contribution in [0.5, 0.6) is 17.4 Å². The molecule has 0 aliphatic heterocycles. The first kappa shape index (κ1) is 21.7. The van der Waals surface area contributed by atoms with Gasteiger partial charge in [0.05, 0.1) is 0 Å². The summed E-state index contributed by atoms with van der Waals surface area (Å²) < 4.78 is 9.49. The topological polar surface area (TPSA) is 54.8 Å². The van der Waals surface area contributed by atoms with Crippen molar-refractivity contribution >= 4 is 17.2 Å². The van der Waals surface area contributed by atoms with Gasteiger partial charge in [0, 0.05) is 22.2 Å². The van der Waals surface area contributed by atoms with Crippen LogP contribution in [-0.4, -0.2) is 9.51 Å². The fourth-order valence-corrected chi connectivity index (χ4v) is 4.15. The number of fused-ring (bicyclic) bond motifs is 1. The zero-order chi connectivity index (χ0) is 23.7. The van der Waals surface area contributed by atoms with Crippen LogP contribution >= 0.6 is 11.6 Å². The SMILES string of the molecule is Cc1c(O)[n+](Cc2ccccc2Oc2ccc(Cl)cc2)c2cccc(-c3ccccc3)n2c1=O. The van der Waals surface area contributed by atoms with Crippen molar-refractivity contribution < 1.29 is 14.4 Å². The molecular weight excluding hydrogens is 448 g/mol. The molecule has 0 aliphatic carbocycles. The highest BCUT2D eigenvalue weighted by atomic mass is 35.5. The van der Waals surface area contributed by atoms with Crippen molar-refractivity contribution in [2.24, 2.45) is 0 Å². The molecule has 2 heterocycles. The number of ether oxygens (including phenoxy) is 1. The van der Waals surface area contributed by atoms with Gasteiger partial charge in [0.25, 0.3) is 11.5 Å². The van der Waals surface area contributed by atoms with Gasteiger partial charge in [-0.1, -0.05) is 60.1 Å². The van der Waals surface area contributed by atoms with Crippen molar-refractivity contribution in [3.05, 3.63) is 124 Å². The number of benzene rings is 3. The molecule has 2 aromatic heterocycles. The van der Waals surface area contributed by atoms with E-state index in [2.05, 4.69) is 0 Å². The van der Waals surface area contributed by atoms with Crippen molar-refractivity contribution in [3.8, 4) is 28.6 Å². The van der Waals surface area contributed by atoms with Crippen LogP contribution in [0.3, 0.4) is 0 Å². The molecule has 0 atom stereocenters. The molecule has 0 saturated heterocycles. The normalized spacial score (nSPS) is 11.0. The molecule has 0 saturated carbocycles. The minimum Gasteiger partial charge on any atom is -0.477 e. The van der Waals surface area contributed by atoms with Crippen molar-refractivity contribution in [1.82, 2.24) is 4.40 Å². The highest BCUT2D eigenvalue weighted by Gasteiger charge is 2.24. The van der Waals surface area contributed by atoms with Crippen molar-refractivity contribution in [3.63, 3.8) is 0 Å². The van der Waals surface area contributed by atoms with E-state index in [-0.39, 0.29) is 17.0 Å². The smallest absolute Gasteiger partial charge is 0.349 e. The molecule has 5 aromatic rings. The van der Waals surface area contributed by atoms with Gasteiger partial charge in [-0.25, -0.2) is 4.79 Å². The van der Waals surface area contributed by atoms with E-state index in [0.717, 1.165) is 16.8 Å². The zero-order valence-corrected chi connectivity index (χ0v) is 19.2. The van der Waals surface area contributed by atoms with E-state index in [1.54, 1.807) is 40.2 Å². The molecule has 6 heteroatoms. The summed E-state index contributed by atoms with van der Waals surface area (Å²) in [5, 5.41) is 11.6. The Balaban J connectivity index is 1.65. The average molecular weight is 470 g/mol. The Labute approximate surface area is 201 Å². The summed E-state index contributed by atoms with van der Waals surface area (Å²) in [4.78, 5) is 13.2. The summed E-state index contributed by atoms with van der Waals surface area (Å²) in [5.74, 6) is 1.23. The van der Waals surface area contributed by atoms with Crippen LogP contribution in [0.4, 0.5) is 0 Å². The van der Waals surface area contributed by atoms with Gasteiger partial charge in [0.1, 0.15) is 29.3 Å². The summed E-state index contributed by atoms with van der Waals surface area (Å²) in [7, 11) is 0. The number of pyridine rings is 1. The van der Waals surface area contributed by atoms with E-state index >= 15 is 0 Å². The molecule has 0 aliphatic rings. The number of halogens is 1. The number of nitrogens with zero attached hydrogens (tertiary/aromatic N) is 2. The predicted octanol–water partition coefficient (Wildman–Crippen LogP) is 5.76. The highest BCUT2D eigenvalue weighted by molar-refractivity contribution is 6.30. The average Bonchev–Trinajstić information content (AvgIpc) is 2.87. The van der Waals surface area contributed by atoms with Gasteiger partial charge in [-0.15, -0.1) is 0 Å². The summed E-state index contributed by atoms with van der Waals surface area (Å²) in [6.45, 7) is 1.94. The van der Waals surface area contributed by atoms with Crippen LogP contribution < -0.4 is 14.9 Å². The fourth-order valence-electron chi connectivity index (χ4n) is 4.02. The minimum atomic E-state index is -0.256. The van der Waals surface area contributed by atoms with Crippen LogP contribution in [-0.2, 0) is 6.54 Å². The van der Waals surface area contributed by atoms with E-state index in [1.165, 1.54) is 0 Å². The lowest BCUT2D eigenvalue weighted by molar-refractivity contribution is -0.672. The Morgan fingerprint density at radius 2 is 1.59 bits per heavy atom. The van der Waals surface area contributed by atoms with Crippen molar-refractivity contribution in [2.75, 3.05) is 0 Å². The third-order valence-electron chi connectivity index (χ3n) is 5.77. The second-order valence-corrected chi connectivity index (χ2v) is 8.41. The molecule has 168 valence electrons. The van der Waals surface area contributed by atoms with Crippen molar-refractivity contribution in [2.45, 2.75) is 13.5 Å². The van der Waals surface area contributed by atoms with E-state index in [0.29, 0.717) is 28.7 Å². The first-order valence-electron chi connectivity index (χ1n) is 10.9. The van der Waals surface area contributed by atoms with E-state index in [1.807, 2.05) is 72.8 Å². The van der Waals surface area contributed by atoms with Gasteiger partial charge in [-0.3, -0.25) is 0 Å². The standard InChI is InChI=1S/C28H21ClN2O3/c1-19-27(32)30(18-21-10-5-6-12-25(21)34-23-16-14-22(29)15-17-23)26-13-7-11-24(31(26)28(19)33)20-8-3-2-4-9-20/h2-17H,18H2,1H3/p+1. The number of aromatic hydroxyl groups is 1. The molecule has 3 aromatic carbocycles. The summed E-state index contributed by atoms with van der Waals surface area (Å²) >= 11 is 6.00. The number of para-hydroxylation sites is 1. The summed E-state index contributed by atoms with van der Waals surface area (Å²) in [6.07, 6.45) is 0. The molecule has 0 amide bonds. The van der Waals surface area contributed by atoms with Gasteiger partial charge in [-0.05, 0) is 49.4 Å². The Morgan fingerprint density at radius 1 is 0.882 bits per heavy atom.